The number of ether oxygens (including phenoxy) is 1. The molecule has 2 heterocycles. The van der Waals surface area contributed by atoms with Crippen molar-refractivity contribution in [1.29, 1.82) is 0 Å². The fraction of sp³-hybridized carbons (Fsp3) is 0.550. The maximum atomic E-state index is 10.6. The summed E-state index contributed by atoms with van der Waals surface area (Å²) in [6.45, 7) is 7.05. The topological polar surface area (TPSA) is 50.5 Å². The molecule has 1 atom stereocenters. The second-order valence-corrected chi connectivity index (χ2v) is 7.27. The van der Waals surface area contributed by atoms with E-state index in [1.807, 2.05) is 43.8 Å². The number of hydrogen-bond acceptors (Lipinski definition) is 4. The molecule has 0 bridgehead atoms. The number of imidazole rings is 1. The minimum atomic E-state index is -0.463. The Morgan fingerprint density at radius 3 is 2.44 bits per heavy atom. The molecule has 0 saturated carbocycles. The van der Waals surface area contributed by atoms with Crippen molar-refractivity contribution in [3.63, 3.8) is 0 Å². The van der Waals surface area contributed by atoms with Crippen LogP contribution in [-0.4, -0.2) is 38.8 Å². The summed E-state index contributed by atoms with van der Waals surface area (Å²) in [5.74, 6) is 1.99. The third-order valence-electron chi connectivity index (χ3n) is 4.90. The van der Waals surface area contributed by atoms with Crippen LogP contribution in [-0.2, 0) is 13.6 Å². The van der Waals surface area contributed by atoms with Gasteiger partial charge in [0.1, 0.15) is 17.7 Å². The summed E-state index contributed by atoms with van der Waals surface area (Å²) in [5, 5.41) is 10.6. The van der Waals surface area contributed by atoms with Gasteiger partial charge in [-0.05, 0) is 63.4 Å². The second kappa shape index (κ2) is 8.02. The van der Waals surface area contributed by atoms with E-state index in [-0.39, 0.29) is 6.10 Å². The zero-order valence-corrected chi connectivity index (χ0v) is 15.4. The minimum absolute atomic E-state index is 0.204. The standard InChI is InChI=1S/C20H29N3O2/c1-15(2)25-18-6-4-16(5-7-18)14-23-11-8-17(9-12-23)19(24)20-21-10-13-22(20)3/h4-7,10,13,15,17,19,24H,8-9,11-12,14H2,1-3H3. The third-order valence-corrected chi connectivity index (χ3v) is 4.90. The van der Waals surface area contributed by atoms with Crippen molar-refractivity contribution in [2.24, 2.45) is 13.0 Å². The molecule has 5 nitrogen and oxygen atoms in total. The third kappa shape index (κ3) is 4.61. The molecular formula is C20H29N3O2. The lowest BCUT2D eigenvalue weighted by Crippen LogP contribution is -2.35. The molecule has 2 aromatic rings. The van der Waals surface area contributed by atoms with Gasteiger partial charge in [0.15, 0.2) is 0 Å². The van der Waals surface area contributed by atoms with Gasteiger partial charge in [-0.25, -0.2) is 4.98 Å². The van der Waals surface area contributed by atoms with Crippen molar-refractivity contribution in [2.75, 3.05) is 13.1 Å². The highest BCUT2D eigenvalue weighted by Crippen LogP contribution is 2.30. The number of hydrogen-bond donors (Lipinski definition) is 1. The molecule has 1 unspecified atom stereocenters. The zero-order chi connectivity index (χ0) is 17.8. The lowest BCUT2D eigenvalue weighted by atomic mass is 9.90. The molecule has 136 valence electrons. The predicted molar refractivity (Wildman–Crippen MR) is 98.4 cm³/mol. The number of rotatable bonds is 6. The monoisotopic (exact) mass is 343 g/mol. The van der Waals surface area contributed by atoms with E-state index in [4.69, 9.17) is 4.74 Å². The number of nitrogens with zero attached hydrogens (tertiary/aromatic N) is 3. The fourth-order valence-corrected chi connectivity index (χ4v) is 3.50. The van der Waals surface area contributed by atoms with E-state index in [0.717, 1.165) is 44.0 Å². The highest BCUT2D eigenvalue weighted by molar-refractivity contribution is 5.27. The van der Waals surface area contributed by atoms with Crippen molar-refractivity contribution in [1.82, 2.24) is 14.5 Å². The highest BCUT2D eigenvalue weighted by Gasteiger charge is 2.28. The normalized spacial score (nSPS) is 17.8. The Balaban J connectivity index is 1.50. The van der Waals surface area contributed by atoms with Crippen LogP contribution in [0, 0.1) is 5.92 Å². The molecule has 1 aliphatic heterocycles. The van der Waals surface area contributed by atoms with Crippen molar-refractivity contribution in [2.45, 2.75) is 45.4 Å². The first-order valence-corrected chi connectivity index (χ1v) is 9.16. The van der Waals surface area contributed by atoms with Crippen LogP contribution >= 0.6 is 0 Å². The lowest BCUT2D eigenvalue weighted by molar-refractivity contribution is 0.0492. The summed E-state index contributed by atoms with van der Waals surface area (Å²) < 4.78 is 7.61. The Morgan fingerprint density at radius 1 is 1.20 bits per heavy atom. The number of piperidine rings is 1. The summed E-state index contributed by atoms with van der Waals surface area (Å²) in [4.78, 5) is 6.75. The van der Waals surface area contributed by atoms with Crippen LogP contribution in [0.25, 0.3) is 0 Å². The summed E-state index contributed by atoms with van der Waals surface area (Å²) in [7, 11) is 1.94. The largest absolute Gasteiger partial charge is 0.491 e. The van der Waals surface area contributed by atoms with E-state index in [1.54, 1.807) is 6.20 Å². The zero-order valence-electron chi connectivity index (χ0n) is 15.4. The van der Waals surface area contributed by atoms with Gasteiger partial charge in [-0.1, -0.05) is 12.1 Å². The maximum absolute atomic E-state index is 10.6. The van der Waals surface area contributed by atoms with Gasteiger partial charge in [0, 0.05) is 26.0 Å². The maximum Gasteiger partial charge on any atom is 0.137 e. The van der Waals surface area contributed by atoms with Gasteiger partial charge in [-0.15, -0.1) is 0 Å². The molecular weight excluding hydrogens is 314 g/mol. The number of benzene rings is 1. The summed E-state index contributed by atoms with van der Waals surface area (Å²) in [6, 6.07) is 8.39. The van der Waals surface area contributed by atoms with Gasteiger partial charge in [-0.3, -0.25) is 4.90 Å². The molecule has 1 saturated heterocycles. The van der Waals surface area contributed by atoms with E-state index in [0.29, 0.717) is 5.92 Å². The van der Waals surface area contributed by atoms with Gasteiger partial charge in [-0.2, -0.15) is 0 Å². The van der Waals surface area contributed by atoms with Crippen molar-refractivity contribution < 1.29 is 9.84 Å². The first-order valence-electron chi connectivity index (χ1n) is 9.16. The Bertz CT molecular complexity index is 658. The van der Waals surface area contributed by atoms with Crippen molar-refractivity contribution in [3.05, 3.63) is 48.0 Å². The van der Waals surface area contributed by atoms with Crippen LogP contribution in [0.2, 0.25) is 0 Å². The predicted octanol–water partition coefficient (Wildman–Crippen LogP) is 3.15. The Hall–Kier alpha value is -1.85. The molecule has 0 radical (unpaired) electrons. The van der Waals surface area contributed by atoms with Gasteiger partial charge in [0.2, 0.25) is 0 Å². The van der Waals surface area contributed by atoms with Crippen LogP contribution in [0.4, 0.5) is 0 Å². The van der Waals surface area contributed by atoms with Gasteiger partial charge >= 0.3 is 0 Å². The molecule has 1 N–H and O–H groups in total. The number of aliphatic hydroxyl groups is 1. The number of aryl methyl sites for hydroxylation is 1. The molecule has 0 aliphatic carbocycles. The van der Waals surface area contributed by atoms with Crippen molar-refractivity contribution in [3.8, 4) is 5.75 Å². The molecule has 1 fully saturated rings. The van der Waals surface area contributed by atoms with E-state index in [9.17, 15) is 5.11 Å². The highest BCUT2D eigenvalue weighted by atomic mass is 16.5. The Labute approximate surface area is 150 Å². The summed E-state index contributed by atoms with van der Waals surface area (Å²) >= 11 is 0. The van der Waals surface area contributed by atoms with E-state index in [2.05, 4.69) is 22.0 Å². The van der Waals surface area contributed by atoms with Gasteiger partial charge in [0.05, 0.1) is 6.10 Å². The Kier molecular flexibility index (Phi) is 5.76. The van der Waals surface area contributed by atoms with E-state index >= 15 is 0 Å². The Morgan fingerprint density at radius 2 is 1.88 bits per heavy atom. The van der Waals surface area contributed by atoms with E-state index in [1.165, 1.54) is 5.56 Å². The van der Waals surface area contributed by atoms with Crippen LogP contribution in [0.15, 0.2) is 36.7 Å². The number of likely N-dealkylation sites (tertiary alicyclic amines) is 1. The SMILES string of the molecule is CC(C)Oc1ccc(CN2CCC(C(O)c3nccn3C)CC2)cc1. The first kappa shape index (κ1) is 18.0. The number of aliphatic hydroxyl groups excluding tert-OH is 1. The first-order chi connectivity index (χ1) is 12.0. The second-order valence-electron chi connectivity index (χ2n) is 7.27. The minimum Gasteiger partial charge on any atom is -0.491 e. The fourth-order valence-electron chi connectivity index (χ4n) is 3.50. The van der Waals surface area contributed by atoms with E-state index < -0.39 is 6.10 Å². The quantitative estimate of drug-likeness (QED) is 0.875. The van der Waals surface area contributed by atoms with Gasteiger partial charge in [0.25, 0.3) is 0 Å². The average molecular weight is 343 g/mol. The molecule has 25 heavy (non-hydrogen) atoms. The van der Waals surface area contributed by atoms with Crippen LogP contribution in [0.5, 0.6) is 5.75 Å². The molecule has 1 aromatic heterocycles. The van der Waals surface area contributed by atoms with Crippen LogP contribution in [0.3, 0.4) is 0 Å². The molecule has 3 rings (SSSR count). The summed E-state index contributed by atoms with van der Waals surface area (Å²) in [5.41, 5.74) is 1.30. The van der Waals surface area contributed by atoms with Crippen LogP contribution in [0.1, 0.15) is 44.2 Å². The molecule has 5 heteroatoms. The molecule has 1 aromatic carbocycles. The molecule has 0 amide bonds. The average Bonchev–Trinajstić information content (AvgIpc) is 3.02. The number of aromatic nitrogens is 2. The van der Waals surface area contributed by atoms with Gasteiger partial charge < -0.3 is 14.4 Å². The molecule has 1 aliphatic rings. The van der Waals surface area contributed by atoms with Crippen LogP contribution < -0.4 is 4.74 Å². The summed E-state index contributed by atoms with van der Waals surface area (Å²) in [6.07, 6.45) is 5.39. The smallest absolute Gasteiger partial charge is 0.137 e. The van der Waals surface area contributed by atoms with Crippen molar-refractivity contribution >= 4 is 0 Å². The lowest BCUT2D eigenvalue weighted by Gasteiger charge is -2.34. The molecule has 0 spiro atoms.